The van der Waals surface area contributed by atoms with Crippen molar-refractivity contribution < 1.29 is 26.3 Å². The SMILES string of the molecule is [2H]C([2H])=C([C@@H]1CCC(C([2H])([2H])[2H])=C[C@H]1c1c(O)cc(O)cc1O)C([2H])([2H])[2H]. The van der Waals surface area contributed by atoms with Crippen LogP contribution in [0.3, 0.4) is 0 Å². The smallest absolute Gasteiger partial charge is 0.126 e. The lowest BCUT2D eigenvalue weighted by atomic mass is 9.74. The number of phenols is 3. The normalized spacial score (nSPS) is 30.2. The second-order valence-corrected chi connectivity index (χ2v) is 4.67. The van der Waals surface area contributed by atoms with Crippen molar-refractivity contribution in [2.45, 2.75) is 32.5 Å². The number of benzene rings is 1. The molecule has 19 heavy (non-hydrogen) atoms. The molecule has 0 aliphatic heterocycles. The molecular formula is C16H20O3. The van der Waals surface area contributed by atoms with E-state index in [-0.39, 0.29) is 24.0 Å². The maximum absolute atomic E-state index is 10.2. The summed E-state index contributed by atoms with van der Waals surface area (Å²) >= 11 is 0. The Morgan fingerprint density at radius 3 is 2.68 bits per heavy atom. The van der Waals surface area contributed by atoms with Crippen LogP contribution in [0.5, 0.6) is 17.2 Å². The summed E-state index contributed by atoms with van der Waals surface area (Å²) in [5, 5.41) is 29.9. The predicted octanol–water partition coefficient (Wildman–Crippen LogP) is 3.82. The van der Waals surface area contributed by atoms with E-state index in [4.69, 9.17) is 11.0 Å². The van der Waals surface area contributed by atoms with Crippen molar-refractivity contribution in [1.29, 1.82) is 0 Å². The van der Waals surface area contributed by atoms with E-state index in [1.54, 1.807) is 0 Å². The van der Waals surface area contributed by atoms with Crippen molar-refractivity contribution in [1.82, 2.24) is 0 Å². The van der Waals surface area contributed by atoms with Gasteiger partial charge in [0.15, 0.2) is 0 Å². The average molecular weight is 268 g/mol. The van der Waals surface area contributed by atoms with Gasteiger partial charge in [0.2, 0.25) is 0 Å². The van der Waals surface area contributed by atoms with Gasteiger partial charge in [-0.15, -0.1) is 0 Å². The fourth-order valence-corrected chi connectivity index (χ4v) is 2.47. The van der Waals surface area contributed by atoms with Crippen molar-refractivity contribution in [3.8, 4) is 17.2 Å². The maximum atomic E-state index is 10.2. The molecule has 0 unspecified atom stereocenters. The minimum Gasteiger partial charge on any atom is -0.508 e. The van der Waals surface area contributed by atoms with Gasteiger partial charge in [-0.05, 0) is 32.5 Å². The van der Waals surface area contributed by atoms with Gasteiger partial charge in [-0.3, -0.25) is 0 Å². The Labute approximate surface area is 124 Å². The lowest BCUT2D eigenvalue weighted by Gasteiger charge is -2.31. The topological polar surface area (TPSA) is 60.7 Å². The predicted molar refractivity (Wildman–Crippen MR) is 75.5 cm³/mol. The molecule has 2 rings (SSSR count). The Balaban J connectivity index is 2.73. The van der Waals surface area contributed by atoms with Crippen LogP contribution in [0.15, 0.2) is 35.9 Å². The van der Waals surface area contributed by atoms with E-state index in [9.17, 15) is 15.3 Å². The van der Waals surface area contributed by atoms with Crippen molar-refractivity contribution in [3.63, 3.8) is 0 Å². The third-order valence-electron chi connectivity index (χ3n) is 3.36. The fraction of sp³-hybridized carbons (Fsp3) is 0.375. The second-order valence-electron chi connectivity index (χ2n) is 4.67. The molecule has 0 spiro atoms. The van der Waals surface area contributed by atoms with Gasteiger partial charge in [-0.1, -0.05) is 23.8 Å². The molecule has 3 heteroatoms. The molecule has 3 N–H and O–H groups in total. The van der Waals surface area contributed by atoms with Gasteiger partial charge >= 0.3 is 0 Å². The number of phenolic OH excluding ortho intramolecular Hbond substituents is 3. The van der Waals surface area contributed by atoms with E-state index >= 15 is 0 Å². The molecule has 0 saturated heterocycles. The van der Waals surface area contributed by atoms with E-state index in [1.165, 1.54) is 6.08 Å². The monoisotopic (exact) mass is 268 g/mol. The Morgan fingerprint density at radius 1 is 1.37 bits per heavy atom. The summed E-state index contributed by atoms with van der Waals surface area (Å²) < 4.78 is 61.0. The molecule has 0 radical (unpaired) electrons. The Bertz CT molecular complexity index is 765. The van der Waals surface area contributed by atoms with Gasteiger partial charge in [0.25, 0.3) is 0 Å². The zero-order valence-corrected chi connectivity index (χ0v) is 10.1. The zero-order chi connectivity index (χ0) is 20.7. The maximum Gasteiger partial charge on any atom is 0.126 e. The largest absolute Gasteiger partial charge is 0.508 e. The quantitative estimate of drug-likeness (QED) is 0.715. The molecule has 1 aliphatic carbocycles. The van der Waals surface area contributed by atoms with Crippen LogP contribution in [0.2, 0.25) is 0 Å². The van der Waals surface area contributed by atoms with Crippen LogP contribution in [0.4, 0.5) is 0 Å². The minimum absolute atomic E-state index is 0.0175. The van der Waals surface area contributed by atoms with Gasteiger partial charge in [0.05, 0.1) is 2.74 Å². The molecule has 1 aromatic rings. The first kappa shape index (κ1) is 6.51. The summed E-state index contributed by atoms with van der Waals surface area (Å²) in [7, 11) is 0. The Hall–Kier alpha value is -1.90. The van der Waals surface area contributed by atoms with Crippen LogP contribution in [0.1, 0.15) is 49.0 Å². The summed E-state index contributed by atoms with van der Waals surface area (Å²) in [5.41, 5.74) is -0.584. The first-order valence-electron chi connectivity index (χ1n) is 9.87. The molecule has 1 aliphatic rings. The zero-order valence-electron chi connectivity index (χ0n) is 18.1. The number of allylic oxidation sites excluding steroid dienone is 3. The van der Waals surface area contributed by atoms with E-state index in [2.05, 4.69) is 0 Å². The summed E-state index contributed by atoms with van der Waals surface area (Å²) in [4.78, 5) is 0. The summed E-state index contributed by atoms with van der Waals surface area (Å²) in [6.45, 7) is -6.12. The molecule has 0 heterocycles. The average Bonchev–Trinajstić information content (AvgIpc) is 2.44. The molecule has 0 bridgehead atoms. The molecule has 0 amide bonds. The van der Waals surface area contributed by atoms with Crippen LogP contribution in [-0.4, -0.2) is 15.3 Å². The van der Waals surface area contributed by atoms with E-state index < -0.39 is 54.9 Å². The lowest BCUT2D eigenvalue weighted by molar-refractivity contribution is 0.396. The number of hydrogen-bond acceptors (Lipinski definition) is 3. The third-order valence-corrected chi connectivity index (χ3v) is 3.36. The van der Waals surface area contributed by atoms with Gasteiger partial charge in [-0.2, -0.15) is 0 Å². The Kier molecular flexibility index (Phi) is 1.71. The number of aromatic hydroxyl groups is 3. The molecular weight excluding hydrogens is 240 g/mol. The van der Waals surface area contributed by atoms with Gasteiger partial charge < -0.3 is 15.3 Å². The standard InChI is InChI=1S/C16H20O3/c1-9(2)12-5-4-10(3)6-13(12)16-14(18)7-11(17)8-15(16)19/h6-8,12-13,17-19H,1,4-5H2,2-3H3/t12-,13+/m0/s1/i1D2,2D3,3D3. The summed E-state index contributed by atoms with van der Waals surface area (Å²) in [6.07, 6.45) is 1.31. The Morgan fingerprint density at radius 2 is 2.11 bits per heavy atom. The van der Waals surface area contributed by atoms with Gasteiger partial charge in [0, 0.05) is 31.8 Å². The first-order chi connectivity index (χ1) is 12.2. The molecule has 102 valence electrons. The highest BCUT2D eigenvalue weighted by Gasteiger charge is 2.30. The molecule has 1 aromatic carbocycles. The fourth-order valence-electron chi connectivity index (χ4n) is 2.47. The van der Waals surface area contributed by atoms with Crippen LogP contribution in [-0.2, 0) is 0 Å². The summed E-state index contributed by atoms with van der Waals surface area (Å²) in [6, 6.07) is 1.90. The van der Waals surface area contributed by atoms with Crippen molar-refractivity contribution in [2.75, 3.05) is 0 Å². The number of hydrogen-bond donors (Lipinski definition) is 3. The lowest BCUT2D eigenvalue weighted by Crippen LogP contribution is -2.17. The summed E-state index contributed by atoms with van der Waals surface area (Å²) in [5.74, 6) is -3.57. The van der Waals surface area contributed by atoms with Crippen molar-refractivity contribution in [2.24, 2.45) is 5.92 Å². The minimum atomic E-state index is -2.77. The second kappa shape index (κ2) is 5.00. The molecule has 0 fully saturated rings. The van der Waals surface area contributed by atoms with Crippen LogP contribution < -0.4 is 0 Å². The highest BCUT2D eigenvalue weighted by Crippen LogP contribution is 2.47. The van der Waals surface area contributed by atoms with Crippen molar-refractivity contribution >= 4 is 0 Å². The van der Waals surface area contributed by atoms with Crippen LogP contribution in [0, 0.1) is 5.92 Å². The highest BCUT2D eigenvalue weighted by molar-refractivity contribution is 5.53. The van der Waals surface area contributed by atoms with E-state index in [0.717, 1.165) is 12.1 Å². The van der Waals surface area contributed by atoms with E-state index in [0.29, 0.717) is 0 Å². The molecule has 0 saturated carbocycles. The number of rotatable bonds is 2. The van der Waals surface area contributed by atoms with E-state index in [1.807, 2.05) is 0 Å². The highest BCUT2D eigenvalue weighted by atomic mass is 16.3. The molecule has 2 atom stereocenters. The van der Waals surface area contributed by atoms with Crippen molar-refractivity contribution in [3.05, 3.63) is 41.4 Å². The van der Waals surface area contributed by atoms with Crippen LogP contribution >= 0.6 is 0 Å². The molecule has 3 nitrogen and oxygen atoms in total. The van der Waals surface area contributed by atoms with Crippen LogP contribution in [0.25, 0.3) is 0 Å². The molecule has 0 aromatic heterocycles. The van der Waals surface area contributed by atoms with Gasteiger partial charge in [0.1, 0.15) is 17.2 Å². The van der Waals surface area contributed by atoms with Gasteiger partial charge in [-0.25, -0.2) is 0 Å². The third kappa shape index (κ3) is 2.60. The first-order valence-corrected chi connectivity index (χ1v) is 5.87.